The second-order valence-corrected chi connectivity index (χ2v) is 4.38. The van der Waals surface area contributed by atoms with E-state index in [1.807, 2.05) is 0 Å². The zero-order valence-electron chi connectivity index (χ0n) is 6.45. The second-order valence-electron chi connectivity index (χ2n) is 3.91. The first kappa shape index (κ1) is 7.40. The number of halogens is 1. The van der Waals surface area contributed by atoms with Crippen molar-refractivity contribution in [3.05, 3.63) is 0 Å². The van der Waals surface area contributed by atoms with Crippen LogP contribution in [-0.4, -0.2) is 5.38 Å². The number of hydrogen-bond donors (Lipinski definition) is 0. The first-order valence-electron chi connectivity index (χ1n) is 3.68. The third kappa shape index (κ3) is 1.24. The lowest BCUT2D eigenvalue weighted by Crippen LogP contribution is -2.20. The highest BCUT2D eigenvalue weighted by Gasteiger charge is 2.37. The highest BCUT2D eigenvalue weighted by atomic mass is 35.5. The van der Waals surface area contributed by atoms with Gasteiger partial charge in [-0.2, -0.15) is 0 Å². The molecule has 0 amide bonds. The highest BCUT2D eigenvalue weighted by Crippen LogP contribution is 2.44. The fourth-order valence-corrected chi connectivity index (χ4v) is 1.89. The molecule has 1 rings (SSSR count). The van der Waals surface area contributed by atoms with Crippen LogP contribution in [0.3, 0.4) is 0 Å². The maximum absolute atomic E-state index is 6.15. The Morgan fingerprint density at radius 1 is 1.44 bits per heavy atom. The summed E-state index contributed by atoms with van der Waals surface area (Å²) in [6, 6.07) is 0. The topological polar surface area (TPSA) is 0 Å². The molecule has 1 aliphatic rings. The van der Waals surface area contributed by atoms with Crippen LogP contribution in [0, 0.1) is 11.3 Å². The summed E-state index contributed by atoms with van der Waals surface area (Å²) in [5, 5.41) is 0.400. The zero-order chi connectivity index (χ0) is 7.07. The van der Waals surface area contributed by atoms with Crippen LogP contribution in [0.15, 0.2) is 0 Å². The lowest BCUT2D eigenvalue weighted by molar-refractivity contribution is 0.374. The van der Waals surface area contributed by atoms with E-state index in [4.69, 9.17) is 11.6 Å². The van der Waals surface area contributed by atoms with Crippen molar-refractivity contribution in [3.8, 4) is 0 Å². The minimum Gasteiger partial charge on any atom is -0.122 e. The molecule has 2 atom stereocenters. The highest BCUT2D eigenvalue weighted by molar-refractivity contribution is 6.21. The van der Waals surface area contributed by atoms with Gasteiger partial charge in [-0.15, -0.1) is 11.6 Å². The van der Waals surface area contributed by atoms with Crippen LogP contribution in [0.5, 0.6) is 0 Å². The van der Waals surface area contributed by atoms with Gasteiger partial charge in [0.1, 0.15) is 0 Å². The molecule has 0 radical (unpaired) electrons. The average molecular weight is 147 g/mol. The molecule has 0 unspecified atom stereocenters. The average Bonchev–Trinajstić information content (AvgIpc) is 1.97. The van der Waals surface area contributed by atoms with Crippen molar-refractivity contribution in [2.75, 3.05) is 0 Å². The van der Waals surface area contributed by atoms with E-state index in [1.54, 1.807) is 0 Å². The standard InChI is InChI=1S/C8H15Cl/c1-6-4-5-8(2,3)7(6)9/h6-7H,4-5H2,1-3H3/t6-,7-/m1/s1. The number of rotatable bonds is 0. The van der Waals surface area contributed by atoms with E-state index in [-0.39, 0.29) is 0 Å². The predicted octanol–water partition coefficient (Wildman–Crippen LogP) is 3.05. The van der Waals surface area contributed by atoms with Gasteiger partial charge < -0.3 is 0 Å². The van der Waals surface area contributed by atoms with E-state index in [0.717, 1.165) is 5.92 Å². The van der Waals surface area contributed by atoms with E-state index in [1.165, 1.54) is 12.8 Å². The van der Waals surface area contributed by atoms with Crippen molar-refractivity contribution < 1.29 is 0 Å². The summed E-state index contributed by atoms with van der Waals surface area (Å²) < 4.78 is 0. The molecule has 0 aromatic carbocycles. The molecule has 0 saturated heterocycles. The van der Waals surface area contributed by atoms with Crippen molar-refractivity contribution in [2.24, 2.45) is 11.3 Å². The summed E-state index contributed by atoms with van der Waals surface area (Å²) in [5.41, 5.74) is 0.390. The molecule has 1 saturated carbocycles. The van der Waals surface area contributed by atoms with Crippen molar-refractivity contribution >= 4 is 11.6 Å². The quantitative estimate of drug-likeness (QED) is 0.461. The Morgan fingerprint density at radius 3 is 2.11 bits per heavy atom. The number of alkyl halides is 1. The van der Waals surface area contributed by atoms with Gasteiger partial charge in [-0.05, 0) is 24.2 Å². The first-order chi connectivity index (χ1) is 4.04. The van der Waals surface area contributed by atoms with Gasteiger partial charge in [0.2, 0.25) is 0 Å². The van der Waals surface area contributed by atoms with Crippen LogP contribution in [-0.2, 0) is 0 Å². The third-order valence-electron chi connectivity index (χ3n) is 2.49. The largest absolute Gasteiger partial charge is 0.122 e. The lowest BCUT2D eigenvalue weighted by Gasteiger charge is -2.22. The molecular weight excluding hydrogens is 132 g/mol. The van der Waals surface area contributed by atoms with Crippen LogP contribution in [0.4, 0.5) is 0 Å². The van der Waals surface area contributed by atoms with Gasteiger partial charge in [0.15, 0.2) is 0 Å². The van der Waals surface area contributed by atoms with Crippen LogP contribution in [0.1, 0.15) is 33.6 Å². The molecular formula is C8H15Cl. The van der Waals surface area contributed by atoms with Crippen molar-refractivity contribution in [2.45, 2.75) is 39.0 Å². The van der Waals surface area contributed by atoms with E-state index in [0.29, 0.717) is 10.8 Å². The van der Waals surface area contributed by atoms with Gasteiger partial charge in [0.25, 0.3) is 0 Å². The Hall–Kier alpha value is 0.290. The number of hydrogen-bond acceptors (Lipinski definition) is 0. The van der Waals surface area contributed by atoms with E-state index >= 15 is 0 Å². The van der Waals surface area contributed by atoms with E-state index < -0.39 is 0 Å². The molecule has 1 heteroatoms. The van der Waals surface area contributed by atoms with Crippen LogP contribution < -0.4 is 0 Å². The maximum atomic E-state index is 6.15. The molecule has 54 valence electrons. The van der Waals surface area contributed by atoms with Crippen molar-refractivity contribution in [3.63, 3.8) is 0 Å². The molecule has 0 nitrogen and oxygen atoms in total. The molecule has 1 aliphatic carbocycles. The van der Waals surface area contributed by atoms with Gasteiger partial charge in [0, 0.05) is 5.38 Å². The minimum atomic E-state index is 0.390. The molecule has 0 aromatic heterocycles. The summed E-state index contributed by atoms with van der Waals surface area (Å²) in [4.78, 5) is 0. The molecule has 1 fully saturated rings. The SMILES string of the molecule is C[C@@H]1CCC(C)(C)[C@@H]1Cl. The fourth-order valence-electron chi connectivity index (χ4n) is 1.65. The second kappa shape index (κ2) is 2.16. The first-order valence-corrected chi connectivity index (χ1v) is 4.12. The van der Waals surface area contributed by atoms with Gasteiger partial charge in [-0.1, -0.05) is 20.8 Å². The van der Waals surface area contributed by atoms with Crippen molar-refractivity contribution in [1.29, 1.82) is 0 Å². The summed E-state index contributed by atoms with van der Waals surface area (Å²) in [6.45, 7) is 6.76. The lowest BCUT2D eigenvalue weighted by atomic mass is 9.90. The Bertz CT molecular complexity index is 107. The molecule has 9 heavy (non-hydrogen) atoms. The van der Waals surface area contributed by atoms with Gasteiger partial charge in [-0.3, -0.25) is 0 Å². The molecule has 0 aliphatic heterocycles. The zero-order valence-corrected chi connectivity index (χ0v) is 7.20. The van der Waals surface area contributed by atoms with Gasteiger partial charge in [-0.25, -0.2) is 0 Å². The summed E-state index contributed by atoms with van der Waals surface area (Å²) in [7, 11) is 0. The fraction of sp³-hybridized carbons (Fsp3) is 1.00. The Balaban J connectivity index is 2.62. The van der Waals surface area contributed by atoms with Crippen LogP contribution >= 0.6 is 11.6 Å². The Morgan fingerprint density at radius 2 is 2.00 bits per heavy atom. The molecule has 0 aromatic rings. The molecule has 0 spiro atoms. The summed E-state index contributed by atoms with van der Waals surface area (Å²) >= 11 is 6.15. The molecule has 0 N–H and O–H groups in total. The monoisotopic (exact) mass is 146 g/mol. The molecule has 0 heterocycles. The molecule has 0 bridgehead atoms. The summed E-state index contributed by atoms with van der Waals surface area (Å²) in [6.07, 6.45) is 2.60. The van der Waals surface area contributed by atoms with Crippen LogP contribution in [0.25, 0.3) is 0 Å². The normalized spacial score (nSPS) is 41.3. The maximum Gasteiger partial charge on any atom is 0.0412 e. The van der Waals surface area contributed by atoms with E-state index in [9.17, 15) is 0 Å². The van der Waals surface area contributed by atoms with Gasteiger partial charge in [0.05, 0.1) is 0 Å². The third-order valence-corrected chi connectivity index (χ3v) is 3.51. The van der Waals surface area contributed by atoms with Crippen LogP contribution in [0.2, 0.25) is 0 Å². The summed E-state index contributed by atoms with van der Waals surface area (Å²) in [5.74, 6) is 0.724. The predicted molar refractivity (Wildman–Crippen MR) is 41.8 cm³/mol. The smallest absolute Gasteiger partial charge is 0.0412 e. The van der Waals surface area contributed by atoms with E-state index in [2.05, 4.69) is 20.8 Å². The minimum absolute atomic E-state index is 0.390. The van der Waals surface area contributed by atoms with Crippen molar-refractivity contribution in [1.82, 2.24) is 0 Å². The Kier molecular flexibility index (Phi) is 1.77. The Labute approximate surface area is 62.6 Å². The van der Waals surface area contributed by atoms with Gasteiger partial charge >= 0.3 is 0 Å².